The van der Waals surface area contributed by atoms with Gasteiger partial charge in [0, 0.05) is 25.4 Å². The molecule has 0 spiro atoms. The maximum Gasteiger partial charge on any atom is 0.226 e. The molecule has 0 aliphatic heterocycles. The van der Waals surface area contributed by atoms with Gasteiger partial charge in [0.25, 0.3) is 0 Å². The van der Waals surface area contributed by atoms with E-state index in [0.29, 0.717) is 23.5 Å². The fourth-order valence-electron chi connectivity index (χ4n) is 2.62. The van der Waals surface area contributed by atoms with Gasteiger partial charge in [-0.2, -0.15) is 9.97 Å². The fraction of sp³-hybridized carbons (Fsp3) is 0.111. The largest absolute Gasteiger partial charge is 0.364 e. The number of halogens is 1. The second-order valence-corrected chi connectivity index (χ2v) is 5.97. The number of fused-ring (bicyclic) bond motifs is 1. The van der Waals surface area contributed by atoms with Crippen LogP contribution in [0.15, 0.2) is 55.0 Å². The molecule has 124 valence electrons. The summed E-state index contributed by atoms with van der Waals surface area (Å²) in [5, 5.41) is 3.49. The Morgan fingerprint density at radius 1 is 1.04 bits per heavy atom. The van der Waals surface area contributed by atoms with Gasteiger partial charge < -0.3 is 9.88 Å². The van der Waals surface area contributed by atoms with E-state index in [1.165, 1.54) is 0 Å². The number of aryl methyl sites for hydroxylation is 1. The van der Waals surface area contributed by atoms with Gasteiger partial charge in [0.2, 0.25) is 5.28 Å². The average Bonchev–Trinajstić information content (AvgIpc) is 3.02. The van der Waals surface area contributed by atoms with Crippen molar-refractivity contribution in [3.8, 4) is 11.3 Å². The highest BCUT2D eigenvalue weighted by atomic mass is 35.5. The molecule has 0 radical (unpaired) electrons. The second-order valence-electron chi connectivity index (χ2n) is 5.63. The minimum Gasteiger partial charge on any atom is -0.364 e. The van der Waals surface area contributed by atoms with Crippen molar-refractivity contribution in [2.75, 3.05) is 5.32 Å². The lowest BCUT2D eigenvalue weighted by molar-refractivity contribution is 0.928. The Balaban J connectivity index is 1.54. The molecule has 6 nitrogen and oxygen atoms in total. The number of nitrogens with one attached hydrogen (secondary N) is 1. The smallest absolute Gasteiger partial charge is 0.226 e. The van der Waals surface area contributed by atoms with E-state index in [1.54, 1.807) is 12.5 Å². The molecule has 0 atom stereocenters. The van der Waals surface area contributed by atoms with Crippen LogP contribution in [0.25, 0.3) is 22.4 Å². The first-order chi connectivity index (χ1) is 12.2. The van der Waals surface area contributed by atoms with Crippen LogP contribution in [0.4, 0.5) is 5.82 Å². The van der Waals surface area contributed by atoms with Gasteiger partial charge in [-0.15, -0.1) is 0 Å². The normalized spacial score (nSPS) is 11.0. The highest BCUT2D eigenvalue weighted by Gasteiger charge is 2.11. The number of aromatic nitrogens is 5. The first-order valence-electron chi connectivity index (χ1n) is 7.79. The van der Waals surface area contributed by atoms with Crippen molar-refractivity contribution in [3.05, 3.63) is 65.8 Å². The SMILES string of the molecule is Cn1cnc2c(NCc3ccc(-c4ccccn4)cc3)nc(Cl)nc21. The topological polar surface area (TPSA) is 68.5 Å². The number of anilines is 1. The minimum absolute atomic E-state index is 0.198. The molecule has 4 aromatic rings. The number of benzene rings is 1. The van der Waals surface area contributed by atoms with Crippen molar-refractivity contribution < 1.29 is 0 Å². The van der Waals surface area contributed by atoms with Gasteiger partial charge in [0.15, 0.2) is 17.0 Å². The molecule has 25 heavy (non-hydrogen) atoms. The Bertz CT molecular complexity index is 1010. The lowest BCUT2D eigenvalue weighted by Crippen LogP contribution is -2.03. The standard InChI is InChI=1S/C18H15ClN6/c1-25-11-22-15-16(23-18(19)24-17(15)25)21-10-12-5-7-13(8-6-12)14-4-2-3-9-20-14/h2-9,11H,10H2,1H3,(H,21,23,24). The molecular weight excluding hydrogens is 336 g/mol. The summed E-state index contributed by atoms with van der Waals surface area (Å²) >= 11 is 6.01. The summed E-state index contributed by atoms with van der Waals surface area (Å²) in [5.41, 5.74) is 4.57. The van der Waals surface area contributed by atoms with Gasteiger partial charge in [0.1, 0.15) is 0 Å². The molecule has 1 N–H and O–H groups in total. The van der Waals surface area contributed by atoms with Crippen molar-refractivity contribution in [2.24, 2.45) is 7.05 Å². The molecule has 3 aromatic heterocycles. The Labute approximate surface area is 149 Å². The third-order valence-corrected chi connectivity index (χ3v) is 4.08. The van der Waals surface area contributed by atoms with Gasteiger partial charge in [-0.05, 0) is 29.3 Å². The molecule has 3 heterocycles. The van der Waals surface area contributed by atoms with E-state index in [2.05, 4.69) is 49.5 Å². The average molecular weight is 351 g/mol. The summed E-state index contributed by atoms with van der Waals surface area (Å²) < 4.78 is 1.82. The van der Waals surface area contributed by atoms with Crippen LogP contribution in [0.5, 0.6) is 0 Å². The lowest BCUT2D eigenvalue weighted by Gasteiger charge is -2.08. The zero-order valence-corrected chi connectivity index (χ0v) is 14.3. The highest BCUT2D eigenvalue weighted by Crippen LogP contribution is 2.21. The summed E-state index contributed by atoms with van der Waals surface area (Å²) in [6.07, 6.45) is 3.49. The van der Waals surface area contributed by atoms with Crippen LogP contribution in [-0.2, 0) is 13.6 Å². The molecule has 0 bridgehead atoms. The third kappa shape index (κ3) is 3.16. The monoisotopic (exact) mass is 350 g/mol. The van der Waals surface area contributed by atoms with E-state index in [-0.39, 0.29) is 5.28 Å². The Morgan fingerprint density at radius 2 is 1.88 bits per heavy atom. The highest BCUT2D eigenvalue weighted by molar-refractivity contribution is 6.28. The van der Waals surface area contributed by atoms with Crippen LogP contribution < -0.4 is 5.32 Å². The quantitative estimate of drug-likeness (QED) is 0.568. The van der Waals surface area contributed by atoms with E-state index in [9.17, 15) is 0 Å². The molecule has 0 aliphatic rings. The first kappa shape index (κ1) is 15.5. The fourth-order valence-corrected chi connectivity index (χ4v) is 2.78. The van der Waals surface area contributed by atoms with Crippen LogP contribution in [0.3, 0.4) is 0 Å². The number of hydrogen-bond donors (Lipinski definition) is 1. The van der Waals surface area contributed by atoms with Crippen LogP contribution in [0, 0.1) is 0 Å². The summed E-state index contributed by atoms with van der Waals surface area (Å²) in [5.74, 6) is 0.629. The maximum absolute atomic E-state index is 6.01. The van der Waals surface area contributed by atoms with Gasteiger partial charge in [-0.3, -0.25) is 4.98 Å². The molecular formula is C18H15ClN6. The number of imidazole rings is 1. The molecule has 1 aromatic carbocycles. The zero-order chi connectivity index (χ0) is 17.2. The number of rotatable bonds is 4. The van der Waals surface area contributed by atoms with Gasteiger partial charge >= 0.3 is 0 Å². The number of hydrogen-bond acceptors (Lipinski definition) is 5. The maximum atomic E-state index is 6.01. The zero-order valence-electron chi connectivity index (χ0n) is 13.5. The Kier molecular flexibility index (Phi) is 4.03. The van der Waals surface area contributed by atoms with E-state index in [4.69, 9.17) is 11.6 Å². The van der Waals surface area contributed by atoms with E-state index < -0.39 is 0 Å². The van der Waals surface area contributed by atoms with Crippen LogP contribution >= 0.6 is 11.6 Å². The minimum atomic E-state index is 0.198. The van der Waals surface area contributed by atoms with Gasteiger partial charge in [-0.25, -0.2) is 4.98 Å². The van der Waals surface area contributed by atoms with Crippen molar-refractivity contribution in [2.45, 2.75) is 6.54 Å². The summed E-state index contributed by atoms with van der Waals surface area (Å²) in [6, 6.07) is 14.1. The molecule has 4 rings (SSSR count). The Hall–Kier alpha value is -2.99. The van der Waals surface area contributed by atoms with E-state index in [0.717, 1.165) is 16.8 Å². The van der Waals surface area contributed by atoms with E-state index in [1.807, 2.05) is 29.8 Å². The second kappa shape index (κ2) is 6.49. The van der Waals surface area contributed by atoms with E-state index >= 15 is 0 Å². The van der Waals surface area contributed by atoms with Crippen LogP contribution in [-0.4, -0.2) is 24.5 Å². The van der Waals surface area contributed by atoms with Crippen molar-refractivity contribution in [3.63, 3.8) is 0 Å². The Morgan fingerprint density at radius 3 is 2.64 bits per heavy atom. The summed E-state index contributed by atoms with van der Waals surface area (Å²) in [4.78, 5) is 17.2. The molecule has 7 heteroatoms. The van der Waals surface area contributed by atoms with Gasteiger partial charge in [-0.1, -0.05) is 30.3 Å². The lowest BCUT2D eigenvalue weighted by atomic mass is 10.1. The predicted octanol–water partition coefficient (Wildman–Crippen LogP) is 3.69. The molecule has 0 unspecified atom stereocenters. The molecule has 0 aliphatic carbocycles. The molecule has 0 fully saturated rings. The molecule has 0 saturated carbocycles. The van der Waals surface area contributed by atoms with Crippen LogP contribution in [0.1, 0.15) is 5.56 Å². The van der Waals surface area contributed by atoms with Crippen LogP contribution in [0.2, 0.25) is 5.28 Å². The third-order valence-electron chi connectivity index (χ3n) is 3.91. The van der Waals surface area contributed by atoms with Gasteiger partial charge in [0.05, 0.1) is 12.0 Å². The molecule has 0 saturated heterocycles. The van der Waals surface area contributed by atoms with Crippen molar-refractivity contribution in [1.29, 1.82) is 0 Å². The predicted molar refractivity (Wildman–Crippen MR) is 98.3 cm³/mol. The summed E-state index contributed by atoms with van der Waals surface area (Å²) in [6.45, 7) is 0.613. The molecule has 0 amide bonds. The summed E-state index contributed by atoms with van der Waals surface area (Å²) in [7, 11) is 1.87. The van der Waals surface area contributed by atoms with Crippen molar-refractivity contribution in [1.82, 2.24) is 24.5 Å². The van der Waals surface area contributed by atoms with Crippen molar-refractivity contribution >= 4 is 28.6 Å². The number of pyridine rings is 1. The first-order valence-corrected chi connectivity index (χ1v) is 8.17. The number of nitrogens with zero attached hydrogens (tertiary/aromatic N) is 5.